The molecule has 0 fully saturated rings. The molecule has 0 amide bonds. The van der Waals surface area contributed by atoms with Crippen molar-refractivity contribution in [1.29, 1.82) is 0 Å². The van der Waals surface area contributed by atoms with Crippen LogP contribution in [0.25, 0.3) is 66.8 Å². The van der Waals surface area contributed by atoms with Crippen molar-refractivity contribution in [3.63, 3.8) is 0 Å². The number of benzene rings is 11. The first-order valence-electron chi connectivity index (χ1n) is 27.5. The Balaban J connectivity index is 1.18. The van der Waals surface area contributed by atoms with E-state index in [4.69, 9.17) is 9.47 Å². The predicted octanol–water partition coefficient (Wildman–Crippen LogP) is 21.0. The van der Waals surface area contributed by atoms with Gasteiger partial charge in [-0.2, -0.15) is 0 Å². The summed E-state index contributed by atoms with van der Waals surface area (Å²) in [6.45, 7) is 5.74. The van der Waals surface area contributed by atoms with Gasteiger partial charge in [0.2, 0.25) is 0 Å². The molecular weight excluding hydrogens is 949 g/mol. The number of ether oxygens (including phenoxy) is 2. The predicted molar refractivity (Wildman–Crippen MR) is 329 cm³/mol. The van der Waals surface area contributed by atoms with Crippen molar-refractivity contribution in [1.82, 2.24) is 0 Å². The van der Waals surface area contributed by atoms with E-state index in [1.807, 2.05) is 0 Å². The van der Waals surface area contributed by atoms with E-state index in [0.29, 0.717) is 13.2 Å². The van der Waals surface area contributed by atoms with Gasteiger partial charge in [-0.3, -0.25) is 0 Å². The van der Waals surface area contributed by atoms with E-state index in [1.165, 1.54) is 22.3 Å². The summed E-state index contributed by atoms with van der Waals surface area (Å²) >= 11 is 0. The van der Waals surface area contributed by atoms with Crippen LogP contribution in [0.4, 0.5) is 34.1 Å². The number of hydrogen-bond donors (Lipinski definition) is 0. The Hall–Kier alpha value is -9.38. The second kappa shape index (κ2) is 24.5. The summed E-state index contributed by atoms with van der Waals surface area (Å²) in [5, 5.41) is 0. The highest BCUT2D eigenvalue weighted by atomic mass is 16.5. The molecule has 0 spiro atoms. The maximum atomic E-state index is 6.28. The van der Waals surface area contributed by atoms with Gasteiger partial charge in [-0.05, 0) is 153 Å². The average molecular weight is 1010 g/mol. The average Bonchev–Trinajstić information content (AvgIpc) is 3.55. The van der Waals surface area contributed by atoms with E-state index in [-0.39, 0.29) is 0 Å². The van der Waals surface area contributed by atoms with Crippen molar-refractivity contribution in [2.45, 2.75) is 39.5 Å². The molecule has 0 aromatic heterocycles. The molecular formula is C74H64N2O2. The fourth-order valence-electron chi connectivity index (χ4n) is 10.1. The Morgan fingerprint density at radius 3 is 0.756 bits per heavy atom. The van der Waals surface area contributed by atoms with Crippen LogP contribution in [-0.2, 0) is 0 Å². The highest BCUT2D eigenvalue weighted by Gasteiger charge is 2.26. The Morgan fingerprint density at radius 2 is 0.500 bits per heavy atom. The van der Waals surface area contributed by atoms with Gasteiger partial charge in [-0.25, -0.2) is 0 Å². The first-order valence-corrected chi connectivity index (χ1v) is 27.5. The number of hydrogen-bond acceptors (Lipinski definition) is 4. The van der Waals surface area contributed by atoms with E-state index in [2.05, 4.69) is 303 Å². The summed E-state index contributed by atoms with van der Waals surface area (Å²) in [7, 11) is 0. The Kier molecular flexibility index (Phi) is 16.0. The molecule has 0 N–H and O–H groups in total. The first-order chi connectivity index (χ1) is 38.6. The van der Waals surface area contributed by atoms with Gasteiger partial charge in [-0.15, -0.1) is 0 Å². The molecule has 11 rings (SSSR count). The smallest absolute Gasteiger partial charge is 0.119 e. The summed E-state index contributed by atoms with van der Waals surface area (Å²) in [4.78, 5) is 4.86. The van der Waals surface area contributed by atoms with Gasteiger partial charge in [0.25, 0.3) is 0 Å². The van der Waals surface area contributed by atoms with Crippen LogP contribution in [0, 0.1) is 0 Å². The topological polar surface area (TPSA) is 24.9 Å². The Bertz CT molecular complexity index is 3210. The van der Waals surface area contributed by atoms with Gasteiger partial charge < -0.3 is 19.3 Å². The fraction of sp³-hybridized carbons (Fsp3) is 0.108. The minimum absolute atomic E-state index is 0.679. The van der Waals surface area contributed by atoms with Crippen molar-refractivity contribution in [3.05, 3.63) is 279 Å². The highest BCUT2D eigenvalue weighted by Crippen LogP contribution is 2.50. The summed E-state index contributed by atoms with van der Waals surface area (Å²) in [5.74, 6) is 1.72. The number of nitrogens with zero attached hydrogens (tertiary/aromatic N) is 2. The van der Waals surface area contributed by atoms with Crippen molar-refractivity contribution < 1.29 is 9.47 Å². The van der Waals surface area contributed by atoms with Crippen molar-refractivity contribution in [2.24, 2.45) is 0 Å². The molecule has 0 bridgehead atoms. The number of anilines is 6. The lowest BCUT2D eigenvalue weighted by atomic mass is 9.93. The number of rotatable bonds is 20. The molecule has 4 nitrogen and oxygen atoms in total. The third-order valence-electron chi connectivity index (χ3n) is 14.4. The SMILES string of the molecule is CCCCOc1ccc(-c2cc(-c3ccc(OCCCC)cc3)c(N(c3ccc(-c4ccccc4)cc3)c3ccc(-c4ccccc4)cc3)cc2N(c2ccc(-c3ccccc3)cc2)c2ccc(-c3ccccc3)cc2)cc1. The molecule has 0 saturated heterocycles. The summed E-state index contributed by atoms with van der Waals surface area (Å²) in [6.07, 6.45) is 4.14. The summed E-state index contributed by atoms with van der Waals surface area (Å²) < 4.78 is 12.6. The molecule has 11 aromatic rings. The third kappa shape index (κ3) is 11.7. The van der Waals surface area contributed by atoms with Crippen molar-refractivity contribution in [2.75, 3.05) is 23.0 Å². The molecule has 11 aromatic carbocycles. The van der Waals surface area contributed by atoms with Gasteiger partial charge in [0.05, 0.1) is 24.6 Å². The quantitative estimate of drug-likeness (QED) is 0.0711. The van der Waals surface area contributed by atoms with Gasteiger partial charge >= 0.3 is 0 Å². The monoisotopic (exact) mass is 1010 g/mol. The molecule has 0 radical (unpaired) electrons. The molecule has 0 aliphatic carbocycles. The zero-order valence-electron chi connectivity index (χ0n) is 44.5. The van der Waals surface area contributed by atoms with Crippen LogP contribution in [0.1, 0.15) is 39.5 Å². The van der Waals surface area contributed by atoms with Crippen molar-refractivity contribution in [3.8, 4) is 78.3 Å². The first kappa shape index (κ1) is 50.8. The lowest BCUT2D eigenvalue weighted by molar-refractivity contribution is 0.309. The van der Waals surface area contributed by atoms with Gasteiger partial charge in [-0.1, -0.05) is 221 Å². The molecule has 0 aliphatic rings. The summed E-state index contributed by atoms with van der Waals surface area (Å²) in [6, 6.07) is 101. The van der Waals surface area contributed by atoms with Crippen LogP contribution < -0.4 is 19.3 Å². The molecule has 0 atom stereocenters. The minimum Gasteiger partial charge on any atom is -0.494 e. The van der Waals surface area contributed by atoms with Crippen LogP contribution >= 0.6 is 0 Å². The van der Waals surface area contributed by atoms with Gasteiger partial charge in [0, 0.05) is 33.9 Å². The molecule has 78 heavy (non-hydrogen) atoms. The highest BCUT2D eigenvalue weighted by molar-refractivity contribution is 5.99. The van der Waals surface area contributed by atoms with E-state index in [0.717, 1.165) is 116 Å². The minimum atomic E-state index is 0.679. The zero-order valence-corrected chi connectivity index (χ0v) is 44.5. The maximum absolute atomic E-state index is 6.28. The standard InChI is InChI=1S/C74H64N2O2/c1-3-5-51-77-69-47-35-63(36-48-69)71-53-72(64-37-49-70(50-38-64)78-52-6-4-2)74(76(67-43-31-61(32-44-67)57-23-15-9-16-24-57)68-45-33-62(34-46-68)58-25-17-10-18-26-58)54-73(71)75(65-39-27-59(28-40-65)55-19-11-7-12-20-55)66-41-29-60(30-42-66)56-21-13-8-14-22-56/h7-50,53-54H,3-6,51-52H2,1-2H3. The lowest BCUT2D eigenvalue weighted by Gasteiger charge is -2.33. The van der Waals surface area contributed by atoms with Gasteiger partial charge in [0.15, 0.2) is 0 Å². The van der Waals surface area contributed by atoms with Crippen LogP contribution in [0.2, 0.25) is 0 Å². The maximum Gasteiger partial charge on any atom is 0.119 e. The number of unbranched alkanes of at least 4 members (excludes halogenated alkanes) is 2. The molecule has 0 heterocycles. The Morgan fingerprint density at radius 1 is 0.256 bits per heavy atom. The van der Waals surface area contributed by atoms with Gasteiger partial charge in [0.1, 0.15) is 11.5 Å². The lowest BCUT2D eigenvalue weighted by Crippen LogP contribution is -2.15. The van der Waals surface area contributed by atoms with E-state index in [9.17, 15) is 0 Å². The van der Waals surface area contributed by atoms with Crippen LogP contribution in [0.3, 0.4) is 0 Å². The second-order valence-electron chi connectivity index (χ2n) is 19.7. The molecule has 382 valence electrons. The van der Waals surface area contributed by atoms with E-state index in [1.54, 1.807) is 0 Å². The largest absolute Gasteiger partial charge is 0.494 e. The molecule has 0 saturated carbocycles. The van der Waals surface area contributed by atoms with E-state index < -0.39 is 0 Å². The normalized spacial score (nSPS) is 11.0. The second-order valence-corrected chi connectivity index (χ2v) is 19.7. The molecule has 0 aliphatic heterocycles. The Labute approximate surface area is 461 Å². The van der Waals surface area contributed by atoms with Crippen LogP contribution in [0.5, 0.6) is 11.5 Å². The zero-order chi connectivity index (χ0) is 52.9. The van der Waals surface area contributed by atoms with Crippen LogP contribution in [-0.4, -0.2) is 13.2 Å². The molecule has 0 unspecified atom stereocenters. The third-order valence-corrected chi connectivity index (χ3v) is 14.4. The van der Waals surface area contributed by atoms with E-state index >= 15 is 0 Å². The fourth-order valence-corrected chi connectivity index (χ4v) is 10.1. The summed E-state index contributed by atoms with van der Waals surface area (Å²) in [5.41, 5.74) is 19.7. The van der Waals surface area contributed by atoms with Crippen molar-refractivity contribution >= 4 is 34.1 Å². The van der Waals surface area contributed by atoms with Crippen LogP contribution in [0.15, 0.2) is 279 Å². The molecule has 4 heteroatoms.